The van der Waals surface area contributed by atoms with Crippen LogP contribution in [0.2, 0.25) is 0 Å². The standard InChI is InChI=1S/C24H26N4O3S/c1-17-8-4-5-9-20(17)31-16-21-26-27-23(32-21)22(29)25-19-12-10-18(11-13-19)24(30)28-14-6-2-3-7-15-28/h4-5,8-13H,2-3,6-7,14-16H2,1H3,(H,25,29). The number of likely N-dealkylation sites (tertiary alicyclic amines) is 1. The molecule has 0 spiro atoms. The molecule has 2 aromatic carbocycles. The van der Waals surface area contributed by atoms with E-state index in [1.165, 1.54) is 24.2 Å². The topological polar surface area (TPSA) is 84.4 Å². The molecule has 8 heteroatoms. The summed E-state index contributed by atoms with van der Waals surface area (Å²) in [4.78, 5) is 27.2. The maximum Gasteiger partial charge on any atom is 0.286 e. The molecule has 4 rings (SSSR count). The van der Waals surface area contributed by atoms with Crippen LogP contribution in [-0.2, 0) is 6.61 Å². The Bertz CT molecular complexity index is 1070. The normalized spacial score (nSPS) is 14.0. The molecule has 1 saturated heterocycles. The van der Waals surface area contributed by atoms with Crippen molar-refractivity contribution in [1.82, 2.24) is 15.1 Å². The highest BCUT2D eigenvalue weighted by molar-refractivity contribution is 7.13. The summed E-state index contributed by atoms with van der Waals surface area (Å²) in [6, 6.07) is 14.7. The van der Waals surface area contributed by atoms with Crippen LogP contribution in [0.15, 0.2) is 48.5 Å². The maximum absolute atomic E-state index is 12.7. The van der Waals surface area contributed by atoms with Gasteiger partial charge in [-0.15, -0.1) is 10.2 Å². The number of anilines is 1. The van der Waals surface area contributed by atoms with Crippen LogP contribution in [0, 0.1) is 6.92 Å². The van der Waals surface area contributed by atoms with Gasteiger partial charge in [-0.2, -0.15) is 0 Å². The molecular weight excluding hydrogens is 424 g/mol. The molecule has 1 fully saturated rings. The number of hydrogen-bond donors (Lipinski definition) is 1. The van der Waals surface area contributed by atoms with E-state index in [-0.39, 0.29) is 23.4 Å². The van der Waals surface area contributed by atoms with E-state index in [0.29, 0.717) is 16.3 Å². The smallest absolute Gasteiger partial charge is 0.286 e. The number of nitrogens with one attached hydrogen (secondary N) is 1. The second kappa shape index (κ2) is 10.4. The van der Waals surface area contributed by atoms with E-state index < -0.39 is 0 Å². The van der Waals surface area contributed by atoms with E-state index in [9.17, 15) is 9.59 Å². The van der Waals surface area contributed by atoms with Crippen molar-refractivity contribution in [3.05, 3.63) is 69.7 Å². The molecule has 1 aliphatic rings. The van der Waals surface area contributed by atoms with Gasteiger partial charge in [0.1, 0.15) is 12.4 Å². The third-order valence-corrected chi connectivity index (χ3v) is 6.28. The highest BCUT2D eigenvalue weighted by Gasteiger charge is 2.18. The lowest BCUT2D eigenvalue weighted by Gasteiger charge is -2.20. The first kappa shape index (κ1) is 22.0. The van der Waals surface area contributed by atoms with Crippen molar-refractivity contribution in [2.45, 2.75) is 39.2 Å². The molecule has 0 radical (unpaired) electrons. The lowest BCUT2D eigenvalue weighted by Crippen LogP contribution is -2.31. The van der Waals surface area contributed by atoms with Crippen molar-refractivity contribution < 1.29 is 14.3 Å². The van der Waals surface area contributed by atoms with Crippen LogP contribution in [0.4, 0.5) is 5.69 Å². The van der Waals surface area contributed by atoms with Gasteiger partial charge in [0.15, 0.2) is 5.01 Å². The summed E-state index contributed by atoms with van der Waals surface area (Å²) in [6.07, 6.45) is 4.47. The molecule has 0 unspecified atom stereocenters. The Morgan fingerprint density at radius 3 is 2.44 bits per heavy atom. The summed E-state index contributed by atoms with van der Waals surface area (Å²) in [5.41, 5.74) is 2.28. The van der Waals surface area contributed by atoms with Gasteiger partial charge in [-0.1, -0.05) is 42.4 Å². The van der Waals surface area contributed by atoms with Gasteiger partial charge in [0.25, 0.3) is 11.8 Å². The summed E-state index contributed by atoms with van der Waals surface area (Å²) in [5.74, 6) is 0.493. The first-order valence-electron chi connectivity index (χ1n) is 10.8. The van der Waals surface area contributed by atoms with Crippen molar-refractivity contribution in [3.8, 4) is 5.75 Å². The molecule has 1 aliphatic heterocycles. The molecule has 32 heavy (non-hydrogen) atoms. The fourth-order valence-corrected chi connectivity index (χ4v) is 4.25. The van der Waals surface area contributed by atoms with E-state index in [1.54, 1.807) is 24.3 Å². The third kappa shape index (κ3) is 5.50. The number of aromatic nitrogens is 2. The van der Waals surface area contributed by atoms with Crippen LogP contribution < -0.4 is 10.1 Å². The number of benzene rings is 2. The molecule has 0 atom stereocenters. The highest BCUT2D eigenvalue weighted by Crippen LogP contribution is 2.20. The summed E-state index contributed by atoms with van der Waals surface area (Å²) in [6.45, 7) is 3.85. The number of carbonyl (C=O) groups excluding carboxylic acids is 2. The zero-order valence-corrected chi connectivity index (χ0v) is 18.9. The first-order chi connectivity index (χ1) is 15.6. The third-order valence-electron chi connectivity index (χ3n) is 5.39. The average Bonchev–Trinajstić information content (AvgIpc) is 3.12. The molecule has 0 bridgehead atoms. The van der Waals surface area contributed by atoms with Gasteiger partial charge in [0, 0.05) is 24.3 Å². The fraction of sp³-hybridized carbons (Fsp3) is 0.333. The molecule has 7 nitrogen and oxygen atoms in total. The molecule has 2 amide bonds. The van der Waals surface area contributed by atoms with Gasteiger partial charge in [0.05, 0.1) is 0 Å². The lowest BCUT2D eigenvalue weighted by molar-refractivity contribution is 0.0761. The number of hydrogen-bond acceptors (Lipinski definition) is 6. The van der Waals surface area contributed by atoms with Crippen molar-refractivity contribution in [3.63, 3.8) is 0 Å². The minimum Gasteiger partial charge on any atom is -0.486 e. The molecule has 166 valence electrons. The van der Waals surface area contributed by atoms with Gasteiger partial charge >= 0.3 is 0 Å². The van der Waals surface area contributed by atoms with Gasteiger partial charge in [0.2, 0.25) is 5.01 Å². The van der Waals surface area contributed by atoms with Crippen molar-refractivity contribution in [2.24, 2.45) is 0 Å². The molecule has 0 aliphatic carbocycles. The SMILES string of the molecule is Cc1ccccc1OCc1nnc(C(=O)Nc2ccc(C(=O)N3CCCCCC3)cc2)s1. The molecule has 1 N–H and O–H groups in total. The van der Waals surface area contributed by atoms with Gasteiger partial charge in [-0.05, 0) is 55.7 Å². The molecular formula is C24H26N4O3S. The number of nitrogens with zero attached hydrogens (tertiary/aromatic N) is 3. The van der Waals surface area contributed by atoms with Crippen LogP contribution in [0.3, 0.4) is 0 Å². The summed E-state index contributed by atoms with van der Waals surface area (Å²) < 4.78 is 5.77. The number of carbonyl (C=O) groups is 2. The minimum absolute atomic E-state index is 0.0483. The number of aryl methyl sites for hydroxylation is 1. The summed E-state index contributed by atoms with van der Waals surface area (Å²) in [5, 5.41) is 11.7. The zero-order chi connectivity index (χ0) is 22.3. The number of rotatable bonds is 6. The minimum atomic E-state index is -0.337. The Labute approximate surface area is 191 Å². The van der Waals surface area contributed by atoms with E-state index >= 15 is 0 Å². The van der Waals surface area contributed by atoms with Gasteiger partial charge < -0.3 is 15.0 Å². The van der Waals surface area contributed by atoms with E-state index in [4.69, 9.17) is 4.74 Å². The Morgan fingerprint density at radius 1 is 1.00 bits per heavy atom. The predicted octanol–water partition coefficient (Wildman–Crippen LogP) is 4.69. The second-order valence-electron chi connectivity index (χ2n) is 7.79. The summed E-state index contributed by atoms with van der Waals surface area (Å²) in [7, 11) is 0. The first-order valence-corrected chi connectivity index (χ1v) is 11.6. The largest absolute Gasteiger partial charge is 0.486 e. The van der Waals surface area contributed by atoms with E-state index in [2.05, 4.69) is 15.5 Å². The van der Waals surface area contributed by atoms with E-state index in [1.807, 2.05) is 36.1 Å². The number of para-hydroxylation sites is 1. The second-order valence-corrected chi connectivity index (χ2v) is 8.86. The average molecular weight is 451 g/mol. The van der Waals surface area contributed by atoms with Gasteiger partial charge in [-0.25, -0.2) is 0 Å². The van der Waals surface area contributed by atoms with Crippen LogP contribution in [0.25, 0.3) is 0 Å². The van der Waals surface area contributed by atoms with Crippen molar-refractivity contribution in [2.75, 3.05) is 18.4 Å². The monoisotopic (exact) mass is 450 g/mol. The maximum atomic E-state index is 12.7. The predicted molar refractivity (Wildman–Crippen MR) is 124 cm³/mol. The molecule has 1 aromatic heterocycles. The van der Waals surface area contributed by atoms with Crippen molar-refractivity contribution >= 4 is 28.8 Å². The fourth-order valence-electron chi connectivity index (χ4n) is 3.60. The number of amides is 2. The molecule has 0 saturated carbocycles. The Balaban J connectivity index is 1.33. The van der Waals surface area contributed by atoms with Crippen molar-refractivity contribution in [1.29, 1.82) is 0 Å². The molecule has 2 heterocycles. The van der Waals surface area contributed by atoms with E-state index in [0.717, 1.165) is 37.2 Å². The summed E-state index contributed by atoms with van der Waals surface area (Å²) >= 11 is 1.19. The Morgan fingerprint density at radius 2 is 1.72 bits per heavy atom. The van der Waals surface area contributed by atoms with Gasteiger partial charge in [-0.3, -0.25) is 9.59 Å². The lowest BCUT2D eigenvalue weighted by atomic mass is 10.1. The Hall–Kier alpha value is -3.26. The van der Waals surface area contributed by atoms with Crippen LogP contribution >= 0.6 is 11.3 Å². The zero-order valence-electron chi connectivity index (χ0n) is 18.0. The Kier molecular flexibility index (Phi) is 7.11. The molecule has 3 aromatic rings. The van der Waals surface area contributed by atoms with Crippen LogP contribution in [0.1, 0.15) is 56.4 Å². The van der Waals surface area contributed by atoms with Crippen LogP contribution in [-0.4, -0.2) is 40.0 Å². The highest BCUT2D eigenvalue weighted by atomic mass is 32.1. The quantitative estimate of drug-likeness (QED) is 0.589. The van der Waals surface area contributed by atoms with Crippen LogP contribution in [0.5, 0.6) is 5.75 Å². The number of ether oxygens (including phenoxy) is 1.